The Kier molecular flexibility index (Phi) is 5.71. The lowest BCUT2D eigenvalue weighted by Gasteiger charge is -2.19. The molecule has 0 aliphatic heterocycles. The lowest BCUT2D eigenvalue weighted by molar-refractivity contribution is 0.508. The van der Waals surface area contributed by atoms with Crippen molar-refractivity contribution in [3.63, 3.8) is 0 Å². The average Bonchev–Trinajstić information content (AvgIpc) is 3.25. The van der Waals surface area contributed by atoms with Crippen LogP contribution in [0.5, 0.6) is 0 Å². The van der Waals surface area contributed by atoms with Gasteiger partial charge in [-0.2, -0.15) is 0 Å². The lowest BCUT2D eigenvalue weighted by Crippen LogP contribution is -2.10. The number of hydrogen-bond donors (Lipinski definition) is 0. The highest BCUT2D eigenvalue weighted by atomic mass is 35.5. The topological polar surface area (TPSA) is 30.7 Å². The molecule has 1 aromatic carbocycles. The molecule has 0 N–H and O–H groups in total. The van der Waals surface area contributed by atoms with Gasteiger partial charge in [0.05, 0.1) is 0 Å². The Labute approximate surface area is 173 Å². The molecule has 6 heteroatoms. The van der Waals surface area contributed by atoms with Crippen molar-refractivity contribution in [2.45, 2.75) is 43.6 Å². The van der Waals surface area contributed by atoms with Crippen LogP contribution in [0.1, 0.15) is 29.3 Å². The number of thioether (sulfide) groups is 1. The van der Waals surface area contributed by atoms with E-state index in [1.54, 1.807) is 11.8 Å². The van der Waals surface area contributed by atoms with Crippen molar-refractivity contribution in [3.8, 4) is 11.4 Å². The van der Waals surface area contributed by atoms with Gasteiger partial charge in [-0.25, -0.2) is 0 Å². The molecule has 1 atom stereocenters. The Balaban J connectivity index is 1.63. The quantitative estimate of drug-likeness (QED) is 0.351. The molecule has 0 saturated heterocycles. The molecule has 0 fully saturated rings. The third kappa shape index (κ3) is 3.86. The highest BCUT2D eigenvalue weighted by molar-refractivity contribution is 7.98. The number of rotatable bonds is 6. The SMILES string of the molecule is C=CCn1c(SCc2ccccc2Cl)nnc1-c1csc2c1CC[C@@H](C)C2. The molecule has 3 nitrogen and oxygen atoms in total. The highest BCUT2D eigenvalue weighted by Gasteiger charge is 2.24. The summed E-state index contributed by atoms with van der Waals surface area (Å²) in [5.41, 5.74) is 3.83. The minimum Gasteiger partial charge on any atom is -0.298 e. The first-order chi connectivity index (χ1) is 13.2. The van der Waals surface area contributed by atoms with Crippen molar-refractivity contribution in [2.24, 2.45) is 5.92 Å². The average molecular weight is 416 g/mol. The number of allylic oxidation sites excluding steroid dienone is 1. The zero-order valence-electron chi connectivity index (χ0n) is 15.3. The maximum Gasteiger partial charge on any atom is 0.192 e. The normalized spacial score (nSPS) is 16.3. The van der Waals surface area contributed by atoms with Crippen LogP contribution in [-0.2, 0) is 25.1 Å². The van der Waals surface area contributed by atoms with E-state index in [9.17, 15) is 0 Å². The molecule has 0 unspecified atom stereocenters. The van der Waals surface area contributed by atoms with Crippen LogP contribution in [0.4, 0.5) is 0 Å². The molecule has 27 heavy (non-hydrogen) atoms. The van der Waals surface area contributed by atoms with Gasteiger partial charge in [0.25, 0.3) is 0 Å². The van der Waals surface area contributed by atoms with Gasteiger partial charge < -0.3 is 0 Å². The summed E-state index contributed by atoms with van der Waals surface area (Å²) < 4.78 is 2.18. The Morgan fingerprint density at radius 1 is 1.37 bits per heavy atom. The molecule has 1 aliphatic carbocycles. The summed E-state index contributed by atoms with van der Waals surface area (Å²) in [5, 5.41) is 13.0. The van der Waals surface area contributed by atoms with Gasteiger partial charge in [0, 0.05) is 33.1 Å². The van der Waals surface area contributed by atoms with Crippen LogP contribution in [-0.4, -0.2) is 14.8 Å². The fraction of sp³-hybridized carbons (Fsp3) is 0.333. The van der Waals surface area contributed by atoms with Crippen LogP contribution in [0.2, 0.25) is 5.02 Å². The molecule has 0 amide bonds. The third-order valence-corrected chi connectivity index (χ3v) is 7.42. The molecule has 2 aromatic heterocycles. The molecule has 0 radical (unpaired) electrons. The molecule has 1 aliphatic rings. The number of hydrogen-bond acceptors (Lipinski definition) is 4. The molecular weight excluding hydrogens is 394 g/mol. The second-order valence-electron chi connectivity index (χ2n) is 6.98. The second-order valence-corrected chi connectivity index (χ2v) is 9.30. The van der Waals surface area contributed by atoms with E-state index in [4.69, 9.17) is 11.6 Å². The van der Waals surface area contributed by atoms with E-state index in [0.717, 1.165) is 39.7 Å². The zero-order valence-corrected chi connectivity index (χ0v) is 17.7. The lowest BCUT2D eigenvalue weighted by atomic mass is 9.88. The van der Waals surface area contributed by atoms with Gasteiger partial charge in [-0.05, 0) is 42.4 Å². The Hall–Kier alpha value is -1.56. The van der Waals surface area contributed by atoms with Crippen molar-refractivity contribution in [3.05, 3.63) is 63.3 Å². The summed E-state index contributed by atoms with van der Waals surface area (Å²) in [6.07, 6.45) is 5.48. The van der Waals surface area contributed by atoms with Gasteiger partial charge in [0.15, 0.2) is 11.0 Å². The van der Waals surface area contributed by atoms with Crippen molar-refractivity contribution in [1.29, 1.82) is 0 Å². The van der Waals surface area contributed by atoms with Crippen LogP contribution < -0.4 is 0 Å². The summed E-state index contributed by atoms with van der Waals surface area (Å²) >= 11 is 9.84. The van der Waals surface area contributed by atoms with Crippen LogP contribution in [0, 0.1) is 5.92 Å². The summed E-state index contributed by atoms with van der Waals surface area (Å²) in [6, 6.07) is 7.95. The van der Waals surface area contributed by atoms with Gasteiger partial charge in [-0.3, -0.25) is 4.57 Å². The molecule has 140 valence electrons. The Morgan fingerprint density at radius 2 is 2.22 bits per heavy atom. The second kappa shape index (κ2) is 8.21. The van der Waals surface area contributed by atoms with Crippen LogP contribution in [0.15, 0.2) is 47.5 Å². The molecule has 0 bridgehead atoms. The first kappa shape index (κ1) is 18.8. The minimum absolute atomic E-state index is 0.703. The molecule has 0 spiro atoms. The fourth-order valence-electron chi connectivity index (χ4n) is 3.51. The van der Waals surface area contributed by atoms with Crippen LogP contribution in [0.25, 0.3) is 11.4 Å². The van der Waals surface area contributed by atoms with E-state index in [-0.39, 0.29) is 0 Å². The van der Waals surface area contributed by atoms with Crippen LogP contribution >= 0.6 is 34.7 Å². The van der Waals surface area contributed by atoms with Crippen molar-refractivity contribution >= 4 is 34.7 Å². The van der Waals surface area contributed by atoms with E-state index in [1.165, 1.54) is 28.8 Å². The van der Waals surface area contributed by atoms with Crippen molar-refractivity contribution in [1.82, 2.24) is 14.8 Å². The Bertz CT molecular complexity index is 960. The summed E-state index contributed by atoms with van der Waals surface area (Å²) in [7, 11) is 0. The smallest absolute Gasteiger partial charge is 0.192 e. The third-order valence-electron chi connectivity index (χ3n) is 4.99. The van der Waals surface area contributed by atoms with Gasteiger partial charge in [-0.15, -0.1) is 28.1 Å². The number of aromatic nitrogens is 3. The van der Waals surface area contributed by atoms with E-state index in [1.807, 2.05) is 35.6 Å². The van der Waals surface area contributed by atoms with Crippen molar-refractivity contribution in [2.75, 3.05) is 0 Å². The first-order valence-electron chi connectivity index (χ1n) is 9.17. The number of halogens is 1. The largest absolute Gasteiger partial charge is 0.298 e. The standard InChI is InChI=1S/C21H22ClN3S2/c1-3-10-25-20(17-13-26-19-11-14(2)8-9-16(17)19)23-24-21(25)27-12-15-6-4-5-7-18(15)22/h3-7,13-14H,1,8-12H2,2H3/t14-/m1/s1. The maximum absolute atomic E-state index is 6.30. The number of fused-ring (bicyclic) bond motifs is 1. The van der Waals surface area contributed by atoms with E-state index in [0.29, 0.717) is 6.54 Å². The number of benzene rings is 1. The first-order valence-corrected chi connectivity index (χ1v) is 11.4. The van der Waals surface area contributed by atoms with Gasteiger partial charge in [-0.1, -0.05) is 54.6 Å². The molecule has 0 saturated carbocycles. The molecule has 2 heterocycles. The van der Waals surface area contributed by atoms with Gasteiger partial charge in [0.2, 0.25) is 0 Å². The molecule has 3 aromatic rings. The Morgan fingerprint density at radius 3 is 3.04 bits per heavy atom. The number of thiophene rings is 1. The molecular formula is C21H22ClN3S2. The summed E-state index contributed by atoms with van der Waals surface area (Å²) in [4.78, 5) is 1.52. The van der Waals surface area contributed by atoms with E-state index < -0.39 is 0 Å². The maximum atomic E-state index is 6.30. The van der Waals surface area contributed by atoms with Gasteiger partial charge in [0.1, 0.15) is 0 Å². The monoisotopic (exact) mass is 415 g/mol. The zero-order chi connectivity index (χ0) is 18.8. The molecule has 4 rings (SSSR count). The van der Waals surface area contributed by atoms with Crippen LogP contribution in [0.3, 0.4) is 0 Å². The van der Waals surface area contributed by atoms with Crippen molar-refractivity contribution < 1.29 is 0 Å². The number of nitrogens with zero attached hydrogens (tertiary/aromatic N) is 3. The van der Waals surface area contributed by atoms with E-state index >= 15 is 0 Å². The predicted octanol–water partition coefficient (Wildman–Crippen LogP) is 6.26. The van der Waals surface area contributed by atoms with Gasteiger partial charge >= 0.3 is 0 Å². The fourth-order valence-corrected chi connectivity index (χ4v) is 5.99. The highest BCUT2D eigenvalue weighted by Crippen LogP contribution is 2.38. The summed E-state index contributed by atoms with van der Waals surface area (Å²) in [5.74, 6) is 2.51. The minimum atomic E-state index is 0.703. The predicted molar refractivity (Wildman–Crippen MR) is 116 cm³/mol. The van der Waals surface area contributed by atoms with E-state index in [2.05, 4.69) is 39.7 Å². The summed E-state index contributed by atoms with van der Waals surface area (Å²) in [6.45, 7) is 6.97.